The summed E-state index contributed by atoms with van der Waals surface area (Å²) in [5, 5.41) is 2.99. The van der Waals surface area contributed by atoms with Gasteiger partial charge in [-0.3, -0.25) is 9.69 Å². The number of piperazine rings is 1. The van der Waals surface area contributed by atoms with Crippen LogP contribution in [0, 0.1) is 19.8 Å². The van der Waals surface area contributed by atoms with Gasteiger partial charge in [0.25, 0.3) is 0 Å². The molecule has 0 aliphatic carbocycles. The molecule has 1 heterocycles. The Morgan fingerprint density at radius 3 is 2.27 bits per heavy atom. The van der Waals surface area contributed by atoms with Gasteiger partial charge in [0.05, 0.1) is 11.4 Å². The van der Waals surface area contributed by atoms with Crippen LogP contribution < -0.4 is 5.32 Å². The van der Waals surface area contributed by atoms with Crippen LogP contribution in [0.25, 0.3) is 0 Å². The highest BCUT2D eigenvalue weighted by Crippen LogP contribution is 2.22. The van der Waals surface area contributed by atoms with Crippen LogP contribution in [0.5, 0.6) is 0 Å². The van der Waals surface area contributed by atoms with Crippen molar-refractivity contribution in [2.45, 2.75) is 45.6 Å². The number of amides is 1. The number of carbonyl (C=O) groups is 1. The van der Waals surface area contributed by atoms with Crippen molar-refractivity contribution < 1.29 is 13.2 Å². The quantitative estimate of drug-likeness (QED) is 0.815. The molecule has 26 heavy (non-hydrogen) atoms. The fraction of sp³-hybridized carbons (Fsp3) is 0.632. The first kappa shape index (κ1) is 20.9. The fourth-order valence-electron chi connectivity index (χ4n) is 3.03. The van der Waals surface area contributed by atoms with Gasteiger partial charge in [-0.05, 0) is 38.3 Å². The number of nitrogens with zero attached hydrogens (tertiary/aromatic N) is 2. The van der Waals surface area contributed by atoms with Crippen molar-refractivity contribution in [2.75, 3.05) is 32.7 Å². The molecule has 0 saturated carbocycles. The van der Waals surface area contributed by atoms with Crippen LogP contribution in [-0.2, 0) is 14.8 Å². The number of carbonyl (C=O) groups excluding carboxylic acids is 1. The van der Waals surface area contributed by atoms with Gasteiger partial charge in [0.15, 0.2) is 0 Å². The number of sulfonamides is 1. The predicted molar refractivity (Wildman–Crippen MR) is 104 cm³/mol. The van der Waals surface area contributed by atoms with E-state index in [0.29, 0.717) is 43.5 Å². The maximum atomic E-state index is 12.9. The highest BCUT2D eigenvalue weighted by molar-refractivity contribution is 7.89. The summed E-state index contributed by atoms with van der Waals surface area (Å²) >= 11 is 0. The Kier molecular flexibility index (Phi) is 6.82. The highest BCUT2D eigenvalue weighted by Gasteiger charge is 2.30. The lowest BCUT2D eigenvalue weighted by Gasteiger charge is -2.34. The SMILES string of the molecule is Cc1ccc(S(=O)(=O)N2CCN(CC(=O)N[C@@H](C)C(C)C)CC2)c(C)c1. The van der Waals surface area contributed by atoms with E-state index in [0.717, 1.165) is 11.1 Å². The molecule has 6 nitrogen and oxygen atoms in total. The summed E-state index contributed by atoms with van der Waals surface area (Å²) in [4.78, 5) is 14.5. The second-order valence-electron chi connectivity index (χ2n) is 7.55. The Labute approximate surface area is 157 Å². The summed E-state index contributed by atoms with van der Waals surface area (Å²) in [6.07, 6.45) is 0. The number of rotatable bonds is 6. The normalized spacial score (nSPS) is 18.1. The molecule has 1 atom stereocenters. The van der Waals surface area contributed by atoms with Gasteiger partial charge in [-0.1, -0.05) is 31.5 Å². The number of benzene rings is 1. The van der Waals surface area contributed by atoms with Crippen LogP contribution in [-0.4, -0.2) is 62.3 Å². The largest absolute Gasteiger partial charge is 0.352 e. The minimum atomic E-state index is -3.49. The fourth-order valence-corrected chi connectivity index (χ4v) is 4.65. The monoisotopic (exact) mass is 381 g/mol. The van der Waals surface area contributed by atoms with Crippen molar-refractivity contribution in [1.82, 2.24) is 14.5 Å². The first-order valence-electron chi connectivity index (χ1n) is 9.20. The van der Waals surface area contributed by atoms with Gasteiger partial charge < -0.3 is 5.32 Å². The molecule has 0 radical (unpaired) electrons. The molecule has 1 N–H and O–H groups in total. The third-order valence-corrected chi connectivity index (χ3v) is 7.09. The van der Waals surface area contributed by atoms with E-state index < -0.39 is 10.0 Å². The zero-order valence-corrected chi connectivity index (χ0v) is 17.3. The van der Waals surface area contributed by atoms with Crippen LogP contribution in [0.1, 0.15) is 31.9 Å². The standard InChI is InChI=1S/C19H31N3O3S/c1-14(2)17(5)20-19(23)13-21-8-10-22(11-9-21)26(24,25)18-7-6-15(3)12-16(18)4/h6-7,12,14,17H,8-11,13H2,1-5H3,(H,20,23)/t17-/m0/s1. The van der Waals surface area contributed by atoms with E-state index in [1.54, 1.807) is 6.07 Å². The van der Waals surface area contributed by atoms with E-state index in [9.17, 15) is 13.2 Å². The van der Waals surface area contributed by atoms with Crippen molar-refractivity contribution in [3.05, 3.63) is 29.3 Å². The summed E-state index contributed by atoms with van der Waals surface area (Å²) in [5.41, 5.74) is 1.82. The Balaban J connectivity index is 1.94. The van der Waals surface area contributed by atoms with Crippen LogP contribution >= 0.6 is 0 Å². The minimum Gasteiger partial charge on any atom is -0.352 e. The minimum absolute atomic E-state index is 0.00288. The van der Waals surface area contributed by atoms with Crippen molar-refractivity contribution in [1.29, 1.82) is 0 Å². The van der Waals surface area contributed by atoms with Gasteiger partial charge in [0.2, 0.25) is 15.9 Å². The first-order chi connectivity index (χ1) is 12.1. The lowest BCUT2D eigenvalue weighted by atomic mass is 10.1. The smallest absolute Gasteiger partial charge is 0.243 e. The summed E-state index contributed by atoms with van der Waals surface area (Å²) < 4.78 is 27.3. The van der Waals surface area contributed by atoms with Crippen LogP contribution in [0.15, 0.2) is 23.1 Å². The molecule has 1 aliphatic heterocycles. The van der Waals surface area contributed by atoms with E-state index in [-0.39, 0.29) is 11.9 Å². The zero-order chi connectivity index (χ0) is 19.5. The molecule has 1 saturated heterocycles. The molecule has 0 aromatic heterocycles. The van der Waals surface area contributed by atoms with E-state index in [1.807, 2.05) is 37.8 Å². The Bertz CT molecular complexity index is 738. The van der Waals surface area contributed by atoms with Crippen LogP contribution in [0.2, 0.25) is 0 Å². The molecule has 1 aromatic carbocycles. The number of nitrogens with one attached hydrogen (secondary N) is 1. The van der Waals surface area contributed by atoms with E-state index in [1.165, 1.54) is 4.31 Å². The summed E-state index contributed by atoms with van der Waals surface area (Å²) in [7, 11) is -3.49. The number of hydrogen-bond donors (Lipinski definition) is 1. The molecule has 1 aromatic rings. The van der Waals surface area contributed by atoms with Crippen molar-refractivity contribution in [2.24, 2.45) is 5.92 Å². The maximum absolute atomic E-state index is 12.9. The van der Waals surface area contributed by atoms with E-state index in [4.69, 9.17) is 0 Å². The van der Waals surface area contributed by atoms with Crippen LogP contribution in [0.3, 0.4) is 0 Å². The van der Waals surface area contributed by atoms with E-state index in [2.05, 4.69) is 19.2 Å². The molecule has 146 valence electrons. The summed E-state index contributed by atoms with van der Waals surface area (Å²) in [6, 6.07) is 5.54. The average molecular weight is 382 g/mol. The highest BCUT2D eigenvalue weighted by atomic mass is 32.2. The third-order valence-electron chi connectivity index (χ3n) is 5.04. The van der Waals surface area contributed by atoms with Gasteiger partial charge in [-0.15, -0.1) is 0 Å². The number of hydrogen-bond acceptors (Lipinski definition) is 4. The van der Waals surface area contributed by atoms with Gasteiger partial charge in [-0.2, -0.15) is 4.31 Å². The summed E-state index contributed by atoms with van der Waals surface area (Å²) in [5.74, 6) is 0.385. The lowest BCUT2D eigenvalue weighted by Crippen LogP contribution is -2.52. The molecule has 0 unspecified atom stereocenters. The van der Waals surface area contributed by atoms with Gasteiger partial charge in [-0.25, -0.2) is 8.42 Å². The Morgan fingerprint density at radius 1 is 1.12 bits per heavy atom. The molecule has 1 aliphatic rings. The van der Waals surface area contributed by atoms with Crippen molar-refractivity contribution in [3.8, 4) is 0 Å². The lowest BCUT2D eigenvalue weighted by molar-refractivity contribution is -0.123. The average Bonchev–Trinajstić information content (AvgIpc) is 2.54. The first-order valence-corrected chi connectivity index (χ1v) is 10.6. The number of aryl methyl sites for hydroxylation is 2. The van der Waals surface area contributed by atoms with Gasteiger partial charge in [0.1, 0.15) is 0 Å². The molecular weight excluding hydrogens is 350 g/mol. The maximum Gasteiger partial charge on any atom is 0.243 e. The zero-order valence-electron chi connectivity index (χ0n) is 16.4. The predicted octanol–water partition coefficient (Wildman–Crippen LogP) is 1.77. The van der Waals surface area contributed by atoms with Gasteiger partial charge in [0, 0.05) is 32.2 Å². The molecule has 0 spiro atoms. The second-order valence-corrected chi connectivity index (χ2v) is 9.46. The van der Waals surface area contributed by atoms with Crippen molar-refractivity contribution in [3.63, 3.8) is 0 Å². The molecule has 1 amide bonds. The van der Waals surface area contributed by atoms with Crippen LogP contribution in [0.4, 0.5) is 0 Å². The van der Waals surface area contributed by atoms with Gasteiger partial charge >= 0.3 is 0 Å². The Morgan fingerprint density at radius 2 is 1.73 bits per heavy atom. The Hall–Kier alpha value is -1.44. The summed E-state index contributed by atoms with van der Waals surface area (Å²) in [6.45, 7) is 12.2. The third kappa shape index (κ3) is 5.05. The van der Waals surface area contributed by atoms with Crippen molar-refractivity contribution >= 4 is 15.9 Å². The second kappa shape index (κ2) is 8.50. The topological polar surface area (TPSA) is 69.7 Å². The van der Waals surface area contributed by atoms with E-state index >= 15 is 0 Å². The molecule has 0 bridgehead atoms. The molecule has 1 fully saturated rings. The molecular formula is C19H31N3O3S. The molecule has 7 heteroatoms. The molecule has 2 rings (SSSR count).